The summed E-state index contributed by atoms with van der Waals surface area (Å²) in [4.78, 5) is 6.60. The van der Waals surface area contributed by atoms with Gasteiger partial charge in [-0.25, -0.2) is 4.98 Å². The minimum Gasteiger partial charge on any atom is -0.481 e. The van der Waals surface area contributed by atoms with E-state index in [0.717, 1.165) is 0 Å². The molecule has 2 rings (SSSR count). The topological polar surface area (TPSA) is 25.4 Å². The molecular weight excluding hydrogens is 200 g/mol. The highest BCUT2D eigenvalue weighted by atomic mass is 16.5. The maximum Gasteiger partial charge on any atom is 0.213 e. The zero-order chi connectivity index (χ0) is 11.4. The van der Waals surface area contributed by atoms with Crippen LogP contribution in [0.1, 0.15) is 32.1 Å². The lowest BCUT2D eigenvalue weighted by molar-refractivity contribution is 0.397. The first kappa shape index (κ1) is 11.2. The predicted molar refractivity (Wildman–Crippen MR) is 66.1 cm³/mol. The van der Waals surface area contributed by atoms with Gasteiger partial charge in [0.05, 0.1) is 19.0 Å². The molecule has 0 atom stereocenters. The van der Waals surface area contributed by atoms with E-state index < -0.39 is 0 Å². The maximum absolute atomic E-state index is 5.06. The summed E-state index contributed by atoms with van der Waals surface area (Å²) in [6.07, 6.45) is 8.63. The van der Waals surface area contributed by atoms with Gasteiger partial charge in [-0.3, -0.25) is 0 Å². The van der Waals surface area contributed by atoms with Gasteiger partial charge in [0.15, 0.2) is 0 Å². The normalized spacial score (nSPS) is 17.1. The van der Waals surface area contributed by atoms with E-state index in [0.29, 0.717) is 11.9 Å². The van der Waals surface area contributed by atoms with Crippen LogP contribution in [-0.2, 0) is 0 Å². The van der Waals surface area contributed by atoms with Crippen molar-refractivity contribution in [3.8, 4) is 5.88 Å². The van der Waals surface area contributed by atoms with Gasteiger partial charge in [0.2, 0.25) is 5.88 Å². The molecule has 3 heteroatoms. The molecule has 0 N–H and O–H groups in total. The molecule has 3 nitrogen and oxygen atoms in total. The van der Waals surface area contributed by atoms with Gasteiger partial charge in [0.1, 0.15) is 0 Å². The van der Waals surface area contributed by atoms with Crippen molar-refractivity contribution in [3.05, 3.63) is 18.3 Å². The molecule has 1 aromatic heterocycles. The molecule has 0 saturated heterocycles. The van der Waals surface area contributed by atoms with Gasteiger partial charge in [0, 0.05) is 19.2 Å². The van der Waals surface area contributed by atoms with Gasteiger partial charge in [-0.05, 0) is 18.9 Å². The van der Waals surface area contributed by atoms with Crippen molar-refractivity contribution in [1.29, 1.82) is 0 Å². The van der Waals surface area contributed by atoms with Crippen LogP contribution >= 0.6 is 0 Å². The summed E-state index contributed by atoms with van der Waals surface area (Å²) in [5.41, 5.74) is 1.19. The standard InChI is InChI=1S/C13H20N2O/c1-15(11-6-4-3-5-7-11)12-8-9-13(16-2)14-10-12/h8-11H,3-7H2,1-2H3. The molecule has 0 aromatic carbocycles. The molecule has 1 aliphatic rings. The summed E-state index contributed by atoms with van der Waals surface area (Å²) >= 11 is 0. The largest absolute Gasteiger partial charge is 0.481 e. The minimum atomic E-state index is 0.681. The predicted octanol–water partition coefficient (Wildman–Crippen LogP) is 2.86. The Hall–Kier alpha value is -1.25. The van der Waals surface area contributed by atoms with Gasteiger partial charge in [-0.15, -0.1) is 0 Å². The summed E-state index contributed by atoms with van der Waals surface area (Å²) in [5.74, 6) is 0.681. The molecular formula is C13H20N2O. The van der Waals surface area contributed by atoms with Crippen molar-refractivity contribution in [1.82, 2.24) is 4.98 Å². The van der Waals surface area contributed by atoms with Gasteiger partial charge < -0.3 is 9.64 Å². The number of ether oxygens (including phenoxy) is 1. The van der Waals surface area contributed by atoms with Crippen molar-refractivity contribution < 1.29 is 4.74 Å². The summed E-state index contributed by atoms with van der Waals surface area (Å²) in [6.45, 7) is 0. The fourth-order valence-corrected chi connectivity index (χ4v) is 2.38. The van der Waals surface area contributed by atoms with Crippen LogP contribution in [0.15, 0.2) is 18.3 Å². The zero-order valence-corrected chi connectivity index (χ0v) is 10.1. The van der Waals surface area contributed by atoms with Crippen molar-refractivity contribution in [3.63, 3.8) is 0 Å². The first-order valence-corrected chi connectivity index (χ1v) is 6.04. The maximum atomic E-state index is 5.06. The molecule has 0 bridgehead atoms. The van der Waals surface area contributed by atoms with Crippen LogP contribution < -0.4 is 9.64 Å². The molecule has 88 valence electrons. The minimum absolute atomic E-state index is 0.681. The average Bonchev–Trinajstić information content (AvgIpc) is 2.39. The highest BCUT2D eigenvalue weighted by Gasteiger charge is 2.18. The third-order valence-electron chi connectivity index (χ3n) is 3.46. The molecule has 1 aromatic rings. The van der Waals surface area contributed by atoms with E-state index in [-0.39, 0.29) is 0 Å². The Kier molecular flexibility index (Phi) is 3.65. The summed E-state index contributed by atoms with van der Waals surface area (Å²) in [7, 11) is 3.81. The number of rotatable bonds is 3. The Morgan fingerprint density at radius 3 is 2.56 bits per heavy atom. The first-order chi connectivity index (χ1) is 7.81. The molecule has 0 radical (unpaired) electrons. The van der Waals surface area contributed by atoms with Crippen LogP contribution in [-0.4, -0.2) is 25.2 Å². The van der Waals surface area contributed by atoms with Crippen LogP contribution in [0, 0.1) is 0 Å². The quantitative estimate of drug-likeness (QED) is 0.783. The van der Waals surface area contributed by atoms with Crippen LogP contribution in [0.5, 0.6) is 5.88 Å². The fraction of sp³-hybridized carbons (Fsp3) is 0.615. The summed E-state index contributed by atoms with van der Waals surface area (Å²) in [5, 5.41) is 0. The molecule has 1 fully saturated rings. The molecule has 0 amide bonds. The van der Waals surface area contributed by atoms with Crippen molar-refractivity contribution in [2.45, 2.75) is 38.1 Å². The third-order valence-corrected chi connectivity index (χ3v) is 3.46. The lowest BCUT2D eigenvalue weighted by Gasteiger charge is -2.32. The summed E-state index contributed by atoms with van der Waals surface area (Å²) in [6, 6.07) is 4.69. The Bertz CT molecular complexity index is 317. The van der Waals surface area contributed by atoms with E-state index in [2.05, 4.69) is 23.0 Å². The molecule has 16 heavy (non-hydrogen) atoms. The van der Waals surface area contributed by atoms with E-state index in [1.165, 1.54) is 37.8 Å². The fourth-order valence-electron chi connectivity index (χ4n) is 2.38. The Morgan fingerprint density at radius 2 is 2.00 bits per heavy atom. The van der Waals surface area contributed by atoms with Gasteiger partial charge in [-0.1, -0.05) is 19.3 Å². The van der Waals surface area contributed by atoms with Gasteiger partial charge >= 0.3 is 0 Å². The van der Waals surface area contributed by atoms with Crippen molar-refractivity contribution >= 4 is 5.69 Å². The van der Waals surface area contributed by atoms with Crippen LogP contribution in [0.25, 0.3) is 0 Å². The van der Waals surface area contributed by atoms with Crippen molar-refractivity contribution in [2.24, 2.45) is 0 Å². The van der Waals surface area contributed by atoms with E-state index in [4.69, 9.17) is 4.74 Å². The lowest BCUT2D eigenvalue weighted by Crippen LogP contribution is -2.33. The smallest absolute Gasteiger partial charge is 0.213 e. The van der Waals surface area contributed by atoms with E-state index in [9.17, 15) is 0 Å². The van der Waals surface area contributed by atoms with E-state index in [1.54, 1.807) is 7.11 Å². The second-order valence-corrected chi connectivity index (χ2v) is 4.46. The second-order valence-electron chi connectivity index (χ2n) is 4.46. The molecule has 0 unspecified atom stereocenters. The number of pyridine rings is 1. The average molecular weight is 220 g/mol. The second kappa shape index (κ2) is 5.19. The summed E-state index contributed by atoms with van der Waals surface area (Å²) < 4.78 is 5.06. The number of aromatic nitrogens is 1. The number of methoxy groups -OCH3 is 1. The first-order valence-electron chi connectivity index (χ1n) is 6.04. The van der Waals surface area contributed by atoms with Gasteiger partial charge in [0.25, 0.3) is 0 Å². The number of hydrogen-bond acceptors (Lipinski definition) is 3. The lowest BCUT2D eigenvalue weighted by atomic mass is 9.94. The molecule has 0 aliphatic heterocycles. The Morgan fingerprint density at radius 1 is 1.25 bits per heavy atom. The highest BCUT2D eigenvalue weighted by Crippen LogP contribution is 2.26. The van der Waals surface area contributed by atoms with Crippen LogP contribution in [0.3, 0.4) is 0 Å². The molecule has 1 heterocycles. The van der Waals surface area contributed by atoms with E-state index in [1.807, 2.05) is 12.3 Å². The van der Waals surface area contributed by atoms with Crippen LogP contribution in [0.4, 0.5) is 5.69 Å². The molecule has 0 spiro atoms. The zero-order valence-electron chi connectivity index (χ0n) is 10.1. The Balaban J connectivity index is 2.04. The number of nitrogens with zero attached hydrogens (tertiary/aromatic N) is 2. The number of hydrogen-bond donors (Lipinski definition) is 0. The molecule has 1 aliphatic carbocycles. The SMILES string of the molecule is COc1ccc(N(C)C2CCCCC2)cn1. The third kappa shape index (κ3) is 2.46. The van der Waals surface area contributed by atoms with Crippen molar-refractivity contribution in [2.75, 3.05) is 19.1 Å². The monoisotopic (exact) mass is 220 g/mol. The van der Waals surface area contributed by atoms with Crippen LogP contribution in [0.2, 0.25) is 0 Å². The molecule has 1 saturated carbocycles. The highest BCUT2D eigenvalue weighted by molar-refractivity contribution is 5.45. The Labute approximate surface area is 97.4 Å². The number of anilines is 1. The van der Waals surface area contributed by atoms with Gasteiger partial charge in [-0.2, -0.15) is 0 Å². The van der Waals surface area contributed by atoms with E-state index >= 15 is 0 Å².